The summed E-state index contributed by atoms with van der Waals surface area (Å²) in [5.74, 6) is 1.26. The minimum atomic E-state index is -0.241. The Morgan fingerprint density at radius 2 is 1.80 bits per heavy atom. The van der Waals surface area contributed by atoms with E-state index in [0.29, 0.717) is 41.7 Å². The normalized spacial score (nSPS) is 10.6. The van der Waals surface area contributed by atoms with Gasteiger partial charge in [-0.2, -0.15) is 4.98 Å². The first-order chi connectivity index (χ1) is 14.7. The van der Waals surface area contributed by atoms with Gasteiger partial charge in [0.05, 0.1) is 18.6 Å². The first kappa shape index (κ1) is 19.3. The van der Waals surface area contributed by atoms with Crippen molar-refractivity contribution >= 4 is 11.6 Å². The highest BCUT2D eigenvalue weighted by Crippen LogP contribution is 2.23. The average Bonchev–Trinajstić information content (AvgIpc) is 3.25. The molecule has 30 heavy (non-hydrogen) atoms. The van der Waals surface area contributed by atoms with Gasteiger partial charge in [0.25, 0.3) is 5.91 Å². The molecule has 2 heterocycles. The van der Waals surface area contributed by atoms with Crippen LogP contribution in [-0.2, 0) is 6.42 Å². The predicted octanol–water partition coefficient (Wildman–Crippen LogP) is 4.37. The third-order valence-electron chi connectivity index (χ3n) is 4.45. The van der Waals surface area contributed by atoms with E-state index < -0.39 is 0 Å². The Morgan fingerprint density at radius 1 is 1.03 bits per heavy atom. The van der Waals surface area contributed by atoms with Crippen LogP contribution in [-0.4, -0.2) is 27.6 Å². The van der Waals surface area contributed by atoms with Gasteiger partial charge in [-0.3, -0.25) is 9.78 Å². The second-order valence-electron chi connectivity index (χ2n) is 6.46. The molecule has 0 unspecified atom stereocenters. The maximum atomic E-state index is 12.9. The fourth-order valence-electron chi connectivity index (χ4n) is 3.03. The van der Waals surface area contributed by atoms with E-state index in [2.05, 4.69) is 20.4 Å². The number of anilines is 1. The van der Waals surface area contributed by atoms with Crippen LogP contribution in [0.2, 0.25) is 0 Å². The number of pyridine rings is 1. The van der Waals surface area contributed by atoms with Crippen molar-refractivity contribution in [2.45, 2.75) is 13.3 Å². The van der Waals surface area contributed by atoms with E-state index in [0.717, 1.165) is 11.1 Å². The molecule has 0 radical (unpaired) electrons. The van der Waals surface area contributed by atoms with Crippen LogP contribution in [0.1, 0.15) is 28.7 Å². The summed E-state index contributed by atoms with van der Waals surface area (Å²) in [6, 6.07) is 18.3. The topological polar surface area (TPSA) is 90.1 Å². The van der Waals surface area contributed by atoms with Crippen molar-refractivity contribution in [2.75, 3.05) is 11.9 Å². The molecule has 150 valence electrons. The Balaban J connectivity index is 1.54. The minimum absolute atomic E-state index is 0.241. The van der Waals surface area contributed by atoms with Gasteiger partial charge in [0.2, 0.25) is 11.7 Å². The summed E-state index contributed by atoms with van der Waals surface area (Å²) in [6.45, 7) is 2.37. The summed E-state index contributed by atoms with van der Waals surface area (Å²) in [4.78, 5) is 21.3. The van der Waals surface area contributed by atoms with Crippen molar-refractivity contribution in [1.29, 1.82) is 0 Å². The van der Waals surface area contributed by atoms with Gasteiger partial charge >= 0.3 is 0 Å². The zero-order valence-electron chi connectivity index (χ0n) is 16.4. The molecule has 0 spiro atoms. The number of carbonyl (C=O) groups is 1. The van der Waals surface area contributed by atoms with Crippen molar-refractivity contribution in [1.82, 2.24) is 15.1 Å². The maximum Gasteiger partial charge on any atom is 0.259 e. The molecule has 0 saturated heterocycles. The van der Waals surface area contributed by atoms with Crippen LogP contribution in [0.25, 0.3) is 11.4 Å². The lowest BCUT2D eigenvalue weighted by atomic mass is 10.1. The highest BCUT2D eigenvalue weighted by atomic mass is 16.5. The van der Waals surface area contributed by atoms with E-state index in [-0.39, 0.29) is 5.91 Å². The standard InChI is InChI=1S/C23H20N4O3/c1-2-29-20-10-6-4-8-18(20)23(28)25-19-9-5-3-7-17(19)15-21-26-22(27-30-21)16-11-13-24-14-12-16/h3-14H,2,15H2,1H3,(H,25,28). The fraction of sp³-hybridized carbons (Fsp3) is 0.130. The molecule has 0 aliphatic rings. The van der Waals surface area contributed by atoms with Crippen LogP contribution in [0.15, 0.2) is 77.6 Å². The zero-order valence-corrected chi connectivity index (χ0v) is 16.4. The van der Waals surface area contributed by atoms with Crippen LogP contribution < -0.4 is 10.1 Å². The number of nitrogens with one attached hydrogen (secondary N) is 1. The number of aromatic nitrogens is 3. The van der Waals surface area contributed by atoms with Gasteiger partial charge in [0.15, 0.2) is 0 Å². The van der Waals surface area contributed by atoms with Crippen LogP contribution in [0, 0.1) is 0 Å². The Morgan fingerprint density at radius 3 is 2.63 bits per heavy atom. The molecule has 1 amide bonds. The Hall–Kier alpha value is -4.00. The monoisotopic (exact) mass is 400 g/mol. The molecule has 1 N–H and O–H groups in total. The molecule has 4 aromatic rings. The molecule has 0 fully saturated rings. The first-order valence-electron chi connectivity index (χ1n) is 9.58. The van der Waals surface area contributed by atoms with Gasteiger partial charge < -0.3 is 14.6 Å². The summed E-state index contributed by atoms with van der Waals surface area (Å²) in [5.41, 5.74) is 2.85. The second-order valence-corrected chi connectivity index (χ2v) is 6.46. The van der Waals surface area contributed by atoms with Crippen molar-refractivity contribution in [3.63, 3.8) is 0 Å². The molecule has 0 aliphatic carbocycles. The lowest BCUT2D eigenvalue weighted by molar-refractivity contribution is 0.102. The molecule has 2 aromatic heterocycles. The Labute approximate surface area is 173 Å². The van der Waals surface area contributed by atoms with Crippen LogP contribution in [0.5, 0.6) is 5.75 Å². The summed E-state index contributed by atoms with van der Waals surface area (Å²) < 4.78 is 11.0. The number of amides is 1. The van der Waals surface area contributed by atoms with Crippen LogP contribution in [0.3, 0.4) is 0 Å². The van der Waals surface area contributed by atoms with Gasteiger partial charge in [-0.05, 0) is 42.8 Å². The highest BCUT2D eigenvalue weighted by molar-refractivity contribution is 6.06. The van der Waals surface area contributed by atoms with Crippen molar-refractivity contribution in [3.8, 4) is 17.1 Å². The molecule has 4 rings (SSSR count). The first-order valence-corrected chi connectivity index (χ1v) is 9.58. The summed E-state index contributed by atoms with van der Waals surface area (Å²) in [6.07, 6.45) is 3.74. The summed E-state index contributed by atoms with van der Waals surface area (Å²) in [7, 11) is 0. The van der Waals surface area contributed by atoms with E-state index >= 15 is 0 Å². The van der Waals surface area contributed by atoms with E-state index in [1.54, 1.807) is 24.5 Å². The quantitative estimate of drug-likeness (QED) is 0.495. The largest absolute Gasteiger partial charge is 0.493 e. The lowest BCUT2D eigenvalue weighted by Gasteiger charge is -2.12. The molecule has 2 aromatic carbocycles. The second kappa shape index (κ2) is 9.00. The van der Waals surface area contributed by atoms with Crippen molar-refractivity contribution in [2.24, 2.45) is 0 Å². The predicted molar refractivity (Wildman–Crippen MR) is 112 cm³/mol. The van der Waals surface area contributed by atoms with Gasteiger partial charge in [-0.15, -0.1) is 0 Å². The van der Waals surface area contributed by atoms with E-state index in [4.69, 9.17) is 9.26 Å². The molecule has 7 heteroatoms. The SMILES string of the molecule is CCOc1ccccc1C(=O)Nc1ccccc1Cc1nc(-c2ccncc2)no1. The molecule has 0 aliphatic heterocycles. The minimum Gasteiger partial charge on any atom is -0.493 e. The van der Waals surface area contributed by atoms with Crippen LogP contribution >= 0.6 is 0 Å². The van der Waals surface area contributed by atoms with E-state index in [1.807, 2.05) is 55.5 Å². The number of hydrogen-bond acceptors (Lipinski definition) is 6. The smallest absolute Gasteiger partial charge is 0.259 e. The summed E-state index contributed by atoms with van der Waals surface area (Å²) >= 11 is 0. The average molecular weight is 400 g/mol. The number of carbonyl (C=O) groups excluding carboxylic acids is 1. The van der Waals surface area contributed by atoms with Crippen molar-refractivity contribution in [3.05, 3.63) is 90.1 Å². The number of nitrogens with zero attached hydrogens (tertiary/aromatic N) is 3. The zero-order chi connectivity index (χ0) is 20.8. The summed E-state index contributed by atoms with van der Waals surface area (Å²) in [5, 5.41) is 7.00. The Kier molecular flexibility index (Phi) is 5.80. The fourth-order valence-corrected chi connectivity index (χ4v) is 3.03. The van der Waals surface area contributed by atoms with Gasteiger partial charge in [-0.25, -0.2) is 0 Å². The third kappa shape index (κ3) is 4.35. The van der Waals surface area contributed by atoms with E-state index in [9.17, 15) is 4.79 Å². The molecule has 7 nitrogen and oxygen atoms in total. The molecular weight excluding hydrogens is 380 g/mol. The van der Waals surface area contributed by atoms with Gasteiger partial charge in [0, 0.05) is 23.6 Å². The number of ether oxygens (including phenoxy) is 1. The van der Waals surface area contributed by atoms with Crippen LogP contribution in [0.4, 0.5) is 5.69 Å². The van der Waals surface area contributed by atoms with E-state index in [1.165, 1.54) is 0 Å². The lowest BCUT2D eigenvalue weighted by Crippen LogP contribution is -2.15. The number of para-hydroxylation sites is 2. The number of hydrogen-bond donors (Lipinski definition) is 1. The number of benzene rings is 2. The molecular formula is C23H20N4O3. The van der Waals surface area contributed by atoms with Crippen molar-refractivity contribution < 1.29 is 14.1 Å². The molecule has 0 saturated carbocycles. The van der Waals surface area contributed by atoms with Gasteiger partial charge in [-0.1, -0.05) is 35.5 Å². The maximum absolute atomic E-state index is 12.9. The molecule has 0 atom stereocenters. The third-order valence-corrected chi connectivity index (χ3v) is 4.45. The molecule has 0 bridgehead atoms. The highest BCUT2D eigenvalue weighted by Gasteiger charge is 2.16. The number of rotatable bonds is 7. The van der Waals surface area contributed by atoms with Gasteiger partial charge in [0.1, 0.15) is 5.75 Å². The Bertz CT molecular complexity index is 1140.